The first kappa shape index (κ1) is 56.0. The molecule has 0 unspecified atom stereocenters. The molecule has 0 saturated heterocycles. The molecule has 0 aliphatic carbocycles. The van der Waals surface area contributed by atoms with Gasteiger partial charge in [0.05, 0.1) is 4.21 Å². The Morgan fingerprint density at radius 1 is 0.373 bits per heavy atom. The van der Waals surface area contributed by atoms with Gasteiger partial charge >= 0.3 is 0 Å². The lowest BCUT2D eigenvalue weighted by molar-refractivity contribution is 0.101. The Kier molecular flexibility index (Phi) is 16.0. The normalized spacial score (nSPS) is 11.6. The fourth-order valence-corrected chi connectivity index (χ4v) is 12.9. The van der Waals surface area contributed by atoms with Crippen molar-refractivity contribution in [3.05, 3.63) is 218 Å². The van der Waals surface area contributed by atoms with E-state index in [1.165, 1.54) is 29.3 Å². The molecule has 1 heterocycles. The number of hydrogen-bond donors (Lipinski definition) is 0. The summed E-state index contributed by atoms with van der Waals surface area (Å²) in [6.07, 6.45) is -7.22. The molecular weight excluding hydrogens is 1100 g/mol. The van der Waals surface area contributed by atoms with Crippen LogP contribution in [0.5, 0.6) is 0 Å². The van der Waals surface area contributed by atoms with Crippen LogP contribution in [0.2, 0.25) is 0 Å². The predicted molar refractivity (Wildman–Crippen MR) is 239 cm³/mol. The van der Waals surface area contributed by atoms with Crippen LogP contribution in [0, 0.1) is 130 Å². The zero-order valence-electron chi connectivity index (χ0n) is 37.4. The summed E-state index contributed by atoms with van der Waals surface area (Å²) in [7, 11) is -0.118. The molecule has 0 aliphatic heterocycles. The maximum absolute atomic E-state index is 15.4. The number of aryl methyl sites for hydroxylation is 2. The van der Waals surface area contributed by atoms with Gasteiger partial charge in [0.2, 0.25) is 4.21 Å². The zero-order chi connectivity index (χ0) is 55.4. The summed E-state index contributed by atoms with van der Waals surface area (Å²) in [6.45, 7) is 5.86. The van der Waals surface area contributed by atoms with E-state index in [4.69, 9.17) is 0 Å². The van der Waals surface area contributed by atoms with E-state index in [9.17, 15) is 57.5 Å². The smallest absolute Gasteiger partial charge is 0.221 e. The molecule has 0 fully saturated rings. The number of hydrogen-bond acceptors (Lipinski definition) is 3. The van der Waals surface area contributed by atoms with Gasteiger partial charge < -0.3 is 0 Å². The van der Waals surface area contributed by atoms with Gasteiger partial charge in [-0.1, -0.05) is 70.6 Å². The van der Waals surface area contributed by atoms with E-state index in [1.54, 1.807) is 18.7 Å². The quantitative estimate of drug-likeness (QED) is 0.0339. The lowest BCUT2D eigenvalue weighted by Crippen LogP contribution is -2.81. The first-order valence-electron chi connectivity index (χ1n) is 20.7. The van der Waals surface area contributed by atoms with Gasteiger partial charge in [0, 0.05) is 16.5 Å². The van der Waals surface area contributed by atoms with Gasteiger partial charge in [0.25, 0.3) is 0 Å². The minimum atomic E-state index is -7.22. The van der Waals surface area contributed by atoms with Crippen LogP contribution in [-0.2, 0) is 10.9 Å². The van der Waals surface area contributed by atoms with Crippen molar-refractivity contribution >= 4 is 67.8 Å². The van der Waals surface area contributed by atoms with Gasteiger partial charge in [0.1, 0.15) is 63.6 Å². The average Bonchev–Trinajstić information content (AvgIpc) is 3.85. The number of rotatable bonds is 10. The van der Waals surface area contributed by atoms with Crippen LogP contribution in [-0.4, -0.2) is 11.9 Å². The van der Waals surface area contributed by atoms with Crippen LogP contribution >= 0.6 is 23.1 Å². The molecule has 8 aromatic rings. The Labute approximate surface area is 420 Å². The molecule has 1 aromatic heterocycles. The molecule has 0 radical (unpaired) electrons. The van der Waals surface area contributed by atoms with Crippen molar-refractivity contribution in [2.45, 2.75) is 43.9 Å². The van der Waals surface area contributed by atoms with Crippen molar-refractivity contribution in [2.75, 3.05) is 0 Å². The molecule has 1 nitrogen and oxygen atoms in total. The first-order valence-corrected chi connectivity index (χ1v) is 23.5. The van der Waals surface area contributed by atoms with Crippen LogP contribution in [0.3, 0.4) is 0 Å². The summed E-state index contributed by atoms with van der Waals surface area (Å²) in [5.41, 5.74) is -11.0. The Bertz CT molecular complexity index is 3140. The van der Waals surface area contributed by atoms with Gasteiger partial charge in [-0.2, -0.15) is 0 Å². The van der Waals surface area contributed by atoms with Crippen molar-refractivity contribution < 1.29 is 92.6 Å². The third-order valence-corrected chi connectivity index (χ3v) is 16.3. The maximum atomic E-state index is 15.4. The lowest BCUT2D eigenvalue weighted by Gasteiger charge is -2.44. The molecule has 0 atom stereocenters. The van der Waals surface area contributed by atoms with E-state index in [0.29, 0.717) is 0 Å². The molecule has 0 bridgehead atoms. The zero-order valence-corrected chi connectivity index (χ0v) is 39.8. The van der Waals surface area contributed by atoms with E-state index < -0.39 is 144 Å². The van der Waals surface area contributed by atoms with Gasteiger partial charge in [-0.05, 0) is 63.2 Å². The average molecular weight is 1130 g/mol. The Hall–Kier alpha value is -6.73. The van der Waals surface area contributed by atoms with Crippen molar-refractivity contribution in [1.82, 2.24) is 0 Å². The van der Waals surface area contributed by atoms with Gasteiger partial charge in [-0.3, -0.25) is 4.79 Å². The van der Waals surface area contributed by atoms with Crippen LogP contribution in [0.1, 0.15) is 28.4 Å². The number of carbonyl (C=O) groups is 1. The number of benzene rings is 7. The fourth-order valence-electron chi connectivity index (χ4n) is 7.93. The molecular formula is C50H23BF20OS3. The highest BCUT2D eigenvalue weighted by atomic mass is 32.2. The molecule has 0 spiro atoms. The van der Waals surface area contributed by atoms with Gasteiger partial charge in [0.15, 0.2) is 85.4 Å². The van der Waals surface area contributed by atoms with E-state index in [-0.39, 0.29) is 16.7 Å². The van der Waals surface area contributed by atoms with E-state index in [2.05, 4.69) is 74.5 Å². The fraction of sp³-hybridized carbons (Fsp3) is 0.0600. The number of thiophene rings is 1. The Morgan fingerprint density at radius 3 is 0.907 bits per heavy atom. The van der Waals surface area contributed by atoms with Crippen molar-refractivity contribution in [3.8, 4) is 0 Å². The highest BCUT2D eigenvalue weighted by molar-refractivity contribution is 8.02. The second-order valence-corrected chi connectivity index (χ2v) is 20.7. The number of carbonyl (C=O) groups excluding carboxylic acids is 1. The van der Waals surface area contributed by atoms with Gasteiger partial charge in [-0.15, -0.1) is 21.9 Å². The summed E-state index contributed by atoms with van der Waals surface area (Å²) in [4.78, 5) is 15.3. The number of Topliss-reactive ketones (excluding diaryl/α,β-unsaturated/α-hetero) is 1. The van der Waals surface area contributed by atoms with Crippen LogP contribution < -0.4 is 21.9 Å². The molecule has 0 amide bonds. The van der Waals surface area contributed by atoms with Crippen LogP contribution in [0.15, 0.2) is 108 Å². The topological polar surface area (TPSA) is 17.1 Å². The van der Waals surface area contributed by atoms with Crippen LogP contribution in [0.25, 0.3) is 0 Å². The highest BCUT2D eigenvalue weighted by Gasteiger charge is 2.52. The second-order valence-electron chi connectivity index (χ2n) is 16.0. The summed E-state index contributed by atoms with van der Waals surface area (Å²) >= 11 is 3.61. The molecule has 0 N–H and O–H groups in total. The monoisotopic (exact) mass is 1130 g/mol. The molecule has 0 aliphatic rings. The Balaban J connectivity index is 0.000000236. The van der Waals surface area contributed by atoms with Crippen molar-refractivity contribution in [3.63, 3.8) is 0 Å². The molecule has 390 valence electrons. The summed E-state index contributed by atoms with van der Waals surface area (Å²) < 4.78 is 297. The highest BCUT2D eigenvalue weighted by Crippen LogP contribution is 2.41. The SMILES string of the molecule is CC(=O)c1ccc(Sc2ccc([S+](c3ccc(C)cc3)c3ccc(C)cc3)s2)cc1.Fc1c(F)c(F)c([B-](c2c(F)c(F)c(F)c(F)c2F)(c2c(F)c(F)c(F)c(F)c2F)c2c(F)c(F)c(F)c(F)c2F)c(F)c1F. The third kappa shape index (κ3) is 9.66. The minimum absolute atomic E-state index is 0.102. The predicted octanol–water partition coefficient (Wildman–Crippen LogP) is 13.7. The molecule has 25 heteroatoms. The number of halogens is 20. The van der Waals surface area contributed by atoms with E-state index in [1.807, 2.05) is 35.6 Å². The first-order chi connectivity index (χ1) is 35.2. The third-order valence-electron chi connectivity index (χ3n) is 11.5. The Morgan fingerprint density at radius 2 is 0.640 bits per heavy atom. The summed E-state index contributed by atoms with van der Waals surface area (Å²) in [6, 6.07) is 30.2. The molecule has 75 heavy (non-hydrogen) atoms. The number of ketones is 1. The van der Waals surface area contributed by atoms with E-state index >= 15 is 35.1 Å². The second kappa shape index (κ2) is 21.5. The molecule has 7 aromatic carbocycles. The summed E-state index contributed by atoms with van der Waals surface area (Å²) in [5.74, 6) is -71.3. The van der Waals surface area contributed by atoms with Gasteiger partial charge in [-0.25, -0.2) is 87.8 Å². The van der Waals surface area contributed by atoms with Crippen molar-refractivity contribution in [1.29, 1.82) is 0 Å². The standard InChI is InChI=1S/C26H23OS3.C24BF20/c1-18-4-12-23(13-5-18)30(24-14-6-19(2)7-15-24)26-17-16-25(29-26)28-22-10-8-21(9-11-22)20(3)27;26-5-1(6(27)14(35)21(42)13(5)34)25(2-7(28)15(36)22(43)16(37)8(2)29,3-9(30)17(38)23(44)18(39)10(3)31)4-11(32)19(40)24(45)20(41)12(4)33/h4-17H,1-3H3;/q+1;-1. The minimum Gasteiger partial charge on any atom is -0.295 e. The van der Waals surface area contributed by atoms with Crippen LogP contribution in [0.4, 0.5) is 87.8 Å². The van der Waals surface area contributed by atoms with Crippen molar-refractivity contribution in [2.24, 2.45) is 0 Å². The lowest BCUT2D eigenvalue weighted by atomic mass is 9.12. The maximum Gasteiger partial charge on any atom is 0.221 e. The largest absolute Gasteiger partial charge is 0.295 e. The molecule has 0 saturated carbocycles. The molecule has 8 rings (SSSR count). The summed E-state index contributed by atoms with van der Waals surface area (Å²) in [5, 5.41) is 0. The van der Waals surface area contributed by atoms with E-state index in [0.717, 1.165) is 10.5 Å².